The topological polar surface area (TPSA) is 66.9 Å². The number of ether oxygens (including phenoxy) is 1. The van der Waals surface area contributed by atoms with Gasteiger partial charge in [-0.3, -0.25) is 0 Å². The van der Waals surface area contributed by atoms with E-state index >= 15 is 0 Å². The minimum Gasteiger partial charge on any atom is -0.444 e. The maximum absolute atomic E-state index is 12.1. The van der Waals surface area contributed by atoms with Crippen molar-refractivity contribution in [1.29, 1.82) is 0 Å². The number of anilines is 1. The Morgan fingerprint density at radius 3 is 2.21 bits per heavy atom. The molecule has 1 aromatic carbocycles. The third-order valence-electron chi connectivity index (χ3n) is 3.62. The lowest BCUT2D eigenvalue weighted by molar-refractivity contribution is 0.0240. The van der Waals surface area contributed by atoms with Crippen molar-refractivity contribution in [2.75, 3.05) is 37.3 Å². The summed E-state index contributed by atoms with van der Waals surface area (Å²) in [7, 11) is -3.23. The highest BCUT2D eigenvalue weighted by Gasteiger charge is 2.26. The molecule has 0 N–H and O–H groups in total. The van der Waals surface area contributed by atoms with Gasteiger partial charge < -0.3 is 14.5 Å². The first-order valence-corrected chi connectivity index (χ1v) is 10.4. The molecule has 1 fully saturated rings. The standard InChI is InChI=1S/C16H23BrN2O4S/c1-16(2,3)23-15(20)19-9-7-18(8-10-19)14-6-5-12(11-13(14)17)24(4,21)22/h5-6,11H,7-10H2,1-4H3. The van der Waals surface area contributed by atoms with E-state index in [1.165, 1.54) is 6.26 Å². The predicted octanol–water partition coefficient (Wildman–Crippen LogP) is 2.91. The third kappa shape index (κ3) is 4.86. The van der Waals surface area contributed by atoms with Crippen LogP contribution >= 0.6 is 15.9 Å². The van der Waals surface area contributed by atoms with Gasteiger partial charge in [0.25, 0.3) is 0 Å². The van der Waals surface area contributed by atoms with E-state index in [2.05, 4.69) is 20.8 Å². The second kappa shape index (κ2) is 6.92. The molecule has 0 aromatic heterocycles. The van der Waals surface area contributed by atoms with Gasteiger partial charge in [0.2, 0.25) is 0 Å². The first kappa shape index (κ1) is 19.1. The lowest BCUT2D eigenvalue weighted by Gasteiger charge is -2.37. The second-order valence-corrected chi connectivity index (χ2v) is 9.71. The molecule has 1 aromatic rings. The van der Waals surface area contributed by atoms with E-state index in [1.54, 1.807) is 23.1 Å². The summed E-state index contributed by atoms with van der Waals surface area (Å²) in [5.41, 5.74) is 0.421. The molecule has 2 rings (SSSR count). The minimum absolute atomic E-state index is 0.283. The number of carbonyl (C=O) groups is 1. The number of amides is 1. The van der Waals surface area contributed by atoms with Crippen molar-refractivity contribution >= 4 is 37.5 Å². The Kier molecular flexibility index (Phi) is 5.49. The molecular formula is C16H23BrN2O4S. The lowest BCUT2D eigenvalue weighted by atomic mass is 10.2. The van der Waals surface area contributed by atoms with Crippen molar-refractivity contribution in [3.63, 3.8) is 0 Å². The van der Waals surface area contributed by atoms with E-state index in [1.807, 2.05) is 20.8 Å². The van der Waals surface area contributed by atoms with Crippen molar-refractivity contribution in [1.82, 2.24) is 4.90 Å². The van der Waals surface area contributed by atoms with Gasteiger partial charge in [-0.05, 0) is 54.9 Å². The summed E-state index contributed by atoms with van der Waals surface area (Å²) in [6.07, 6.45) is 0.891. The molecule has 1 saturated heterocycles. The normalized spacial score (nSPS) is 16.2. The van der Waals surface area contributed by atoms with E-state index in [9.17, 15) is 13.2 Å². The van der Waals surface area contributed by atoms with Crippen LogP contribution in [0.5, 0.6) is 0 Å². The van der Waals surface area contributed by atoms with Crippen molar-refractivity contribution in [3.8, 4) is 0 Å². The number of rotatable bonds is 2. The summed E-state index contributed by atoms with van der Waals surface area (Å²) in [6.45, 7) is 8.00. The zero-order valence-corrected chi connectivity index (χ0v) is 16.8. The average Bonchev–Trinajstić information content (AvgIpc) is 2.44. The van der Waals surface area contributed by atoms with Crippen LogP contribution < -0.4 is 4.90 Å². The molecule has 1 aliphatic rings. The Labute approximate surface area is 151 Å². The quantitative estimate of drug-likeness (QED) is 0.738. The van der Waals surface area contributed by atoms with Crippen LogP contribution in [-0.4, -0.2) is 57.4 Å². The zero-order valence-electron chi connectivity index (χ0n) is 14.4. The van der Waals surface area contributed by atoms with Crippen molar-refractivity contribution < 1.29 is 17.9 Å². The van der Waals surface area contributed by atoms with Crippen molar-refractivity contribution in [3.05, 3.63) is 22.7 Å². The number of sulfone groups is 1. The van der Waals surface area contributed by atoms with Crippen LogP contribution in [0.15, 0.2) is 27.6 Å². The van der Waals surface area contributed by atoms with E-state index in [0.717, 1.165) is 10.2 Å². The van der Waals surface area contributed by atoms with E-state index in [0.29, 0.717) is 26.2 Å². The van der Waals surface area contributed by atoms with Crippen molar-refractivity contribution in [2.24, 2.45) is 0 Å². The summed E-state index contributed by atoms with van der Waals surface area (Å²) in [5.74, 6) is 0. The molecule has 0 unspecified atom stereocenters. The van der Waals surface area contributed by atoms with E-state index in [4.69, 9.17) is 4.74 Å². The van der Waals surface area contributed by atoms with Crippen LogP contribution in [0.4, 0.5) is 10.5 Å². The Morgan fingerprint density at radius 1 is 1.17 bits per heavy atom. The molecule has 0 aliphatic carbocycles. The molecule has 0 bridgehead atoms. The Hall–Kier alpha value is -1.28. The number of hydrogen-bond donors (Lipinski definition) is 0. The molecule has 1 aliphatic heterocycles. The summed E-state index contributed by atoms with van der Waals surface area (Å²) in [4.78, 5) is 16.2. The van der Waals surface area contributed by atoms with Crippen LogP contribution in [0, 0.1) is 0 Å². The fourth-order valence-electron chi connectivity index (χ4n) is 2.43. The molecule has 134 valence electrons. The largest absolute Gasteiger partial charge is 0.444 e. The Bertz CT molecular complexity index is 720. The van der Waals surface area contributed by atoms with Gasteiger partial charge in [0.1, 0.15) is 5.60 Å². The summed E-state index contributed by atoms with van der Waals surface area (Å²) < 4.78 is 29.3. The van der Waals surface area contributed by atoms with Gasteiger partial charge in [0.15, 0.2) is 9.84 Å². The van der Waals surface area contributed by atoms with Crippen LogP contribution in [0.2, 0.25) is 0 Å². The number of benzene rings is 1. The third-order valence-corrected chi connectivity index (χ3v) is 5.36. The molecular weight excluding hydrogens is 396 g/mol. The fraction of sp³-hybridized carbons (Fsp3) is 0.562. The zero-order chi connectivity index (χ0) is 18.1. The molecule has 1 heterocycles. The maximum Gasteiger partial charge on any atom is 0.410 e. The van der Waals surface area contributed by atoms with E-state index in [-0.39, 0.29) is 11.0 Å². The molecule has 0 radical (unpaired) electrons. The van der Waals surface area contributed by atoms with Gasteiger partial charge >= 0.3 is 6.09 Å². The number of carbonyl (C=O) groups excluding carboxylic acids is 1. The van der Waals surface area contributed by atoms with Gasteiger partial charge in [-0.1, -0.05) is 0 Å². The van der Waals surface area contributed by atoms with Crippen molar-refractivity contribution in [2.45, 2.75) is 31.3 Å². The SMILES string of the molecule is CC(C)(C)OC(=O)N1CCN(c2ccc(S(C)(=O)=O)cc2Br)CC1. The number of piperazine rings is 1. The monoisotopic (exact) mass is 418 g/mol. The van der Waals surface area contributed by atoms with Gasteiger partial charge in [-0.25, -0.2) is 13.2 Å². The second-order valence-electron chi connectivity index (χ2n) is 6.84. The summed E-state index contributed by atoms with van der Waals surface area (Å²) in [6, 6.07) is 5.02. The van der Waals surface area contributed by atoms with Gasteiger partial charge in [-0.15, -0.1) is 0 Å². The minimum atomic E-state index is -3.23. The molecule has 6 nitrogen and oxygen atoms in total. The fourth-order valence-corrected chi connectivity index (χ4v) is 3.86. The van der Waals surface area contributed by atoms with Crippen LogP contribution in [0.3, 0.4) is 0 Å². The van der Waals surface area contributed by atoms with Gasteiger partial charge in [0.05, 0.1) is 10.6 Å². The summed E-state index contributed by atoms with van der Waals surface area (Å²) in [5, 5.41) is 0. The predicted molar refractivity (Wildman–Crippen MR) is 97.3 cm³/mol. The highest BCUT2D eigenvalue weighted by Crippen LogP contribution is 2.30. The lowest BCUT2D eigenvalue weighted by Crippen LogP contribution is -2.50. The molecule has 0 atom stereocenters. The maximum atomic E-state index is 12.1. The summed E-state index contributed by atoms with van der Waals surface area (Å²) >= 11 is 3.45. The molecule has 24 heavy (non-hydrogen) atoms. The smallest absolute Gasteiger partial charge is 0.410 e. The molecule has 0 saturated carbocycles. The van der Waals surface area contributed by atoms with Crippen LogP contribution in [-0.2, 0) is 14.6 Å². The Morgan fingerprint density at radius 2 is 1.75 bits per heavy atom. The van der Waals surface area contributed by atoms with Gasteiger partial charge in [-0.2, -0.15) is 0 Å². The molecule has 0 spiro atoms. The highest BCUT2D eigenvalue weighted by molar-refractivity contribution is 9.10. The van der Waals surface area contributed by atoms with Crippen LogP contribution in [0.25, 0.3) is 0 Å². The van der Waals surface area contributed by atoms with Gasteiger partial charge in [0, 0.05) is 36.9 Å². The molecule has 1 amide bonds. The first-order valence-electron chi connectivity index (χ1n) is 7.70. The number of halogens is 1. The number of hydrogen-bond acceptors (Lipinski definition) is 5. The number of nitrogens with zero attached hydrogens (tertiary/aromatic N) is 2. The highest BCUT2D eigenvalue weighted by atomic mass is 79.9. The van der Waals surface area contributed by atoms with Crippen LogP contribution in [0.1, 0.15) is 20.8 Å². The average molecular weight is 419 g/mol. The molecule has 8 heteroatoms. The first-order chi connectivity index (χ1) is 11.0. The Balaban J connectivity index is 2.04. The van der Waals surface area contributed by atoms with E-state index < -0.39 is 15.4 Å².